The molecule has 0 bridgehead atoms. The van der Waals surface area contributed by atoms with E-state index in [-0.39, 0.29) is 24.9 Å². The molecule has 3 rings (SSSR count). The van der Waals surface area contributed by atoms with Gasteiger partial charge in [-0.1, -0.05) is 18.2 Å². The Morgan fingerprint density at radius 2 is 1.94 bits per heavy atom. The summed E-state index contributed by atoms with van der Waals surface area (Å²) in [4.78, 5) is 38.4. The summed E-state index contributed by atoms with van der Waals surface area (Å²) in [6.45, 7) is 2.71. The zero-order valence-electron chi connectivity index (χ0n) is 17.5. The normalized spacial score (nSPS) is 19.1. The number of hydrogen-bond acceptors (Lipinski definition) is 6. The zero-order chi connectivity index (χ0) is 22.6. The molecule has 1 aromatic carbocycles. The van der Waals surface area contributed by atoms with Crippen LogP contribution in [0.15, 0.2) is 30.3 Å². The van der Waals surface area contributed by atoms with Crippen LogP contribution >= 0.6 is 0 Å². The summed E-state index contributed by atoms with van der Waals surface area (Å²) >= 11 is 0. The quantitative estimate of drug-likeness (QED) is 0.616. The number of carbonyl (C=O) groups excluding carboxylic acids is 3. The molecular weight excluding hydrogens is 424 g/mol. The number of hydrogen-bond donors (Lipinski definition) is 2. The minimum atomic E-state index is -3.41. The summed E-state index contributed by atoms with van der Waals surface area (Å²) in [6, 6.07) is 7.51. The number of benzene rings is 1. The van der Waals surface area contributed by atoms with Crippen molar-refractivity contribution in [3.05, 3.63) is 35.9 Å². The van der Waals surface area contributed by atoms with E-state index in [0.29, 0.717) is 31.7 Å². The van der Waals surface area contributed by atoms with E-state index in [1.807, 2.05) is 30.3 Å². The highest BCUT2D eigenvalue weighted by Crippen LogP contribution is 2.27. The number of rotatable bonds is 7. The smallest absolute Gasteiger partial charge is 0.414 e. The van der Waals surface area contributed by atoms with Gasteiger partial charge in [0.2, 0.25) is 21.8 Å². The summed E-state index contributed by atoms with van der Waals surface area (Å²) in [5, 5.41) is 2.65. The molecule has 10 nitrogen and oxygen atoms in total. The molecule has 1 fully saturated rings. The van der Waals surface area contributed by atoms with E-state index >= 15 is 0 Å². The highest BCUT2D eigenvalue weighted by Gasteiger charge is 2.32. The van der Waals surface area contributed by atoms with Crippen LogP contribution in [0.3, 0.4) is 0 Å². The van der Waals surface area contributed by atoms with Crippen molar-refractivity contribution in [2.24, 2.45) is 0 Å². The molecule has 2 aliphatic heterocycles. The van der Waals surface area contributed by atoms with Crippen molar-refractivity contribution < 1.29 is 27.5 Å². The van der Waals surface area contributed by atoms with E-state index < -0.39 is 22.2 Å². The molecular formula is C20H26N4O6S. The fourth-order valence-electron chi connectivity index (χ4n) is 3.41. The number of amides is 3. The molecule has 0 saturated carbocycles. The van der Waals surface area contributed by atoms with Crippen molar-refractivity contribution in [2.75, 3.05) is 43.9 Å². The van der Waals surface area contributed by atoms with E-state index in [9.17, 15) is 22.8 Å². The van der Waals surface area contributed by atoms with Gasteiger partial charge in [0.25, 0.3) is 0 Å². The molecule has 1 atom stereocenters. The lowest BCUT2D eigenvalue weighted by Crippen LogP contribution is -2.41. The van der Waals surface area contributed by atoms with Gasteiger partial charge in [-0.3, -0.25) is 14.5 Å². The molecule has 1 saturated heterocycles. The minimum Gasteiger partial charge on any atom is -0.442 e. The molecule has 168 valence electrons. The van der Waals surface area contributed by atoms with E-state index in [0.717, 1.165) is 17.4 Å². The van der Waals surface area contributed by atoms with Crippen molar-refractivity contribution in [1.29, 1.82) is 0 Å². The number of carbonyl (C=O) groups is 3. The topological polar surface area (TPSA) is 125 Å². The third-order valence-electron chi connectivity index (χ3n) is 5.05. The zero-order valence-corrected chi connectivity index (χ0v) is 18.3. The van der Waals surface area contributed by atoms with Gasteiger partial charge in [0, 0.05) is 25.7 Å². The van der Waals surface area contributed by atoms with Crippen molar-refractivity contribution in [3.63, 3.8) is 0 Å². The fourth-order valence-corrected chi connectivity index (χ4v) is 3.80. The van der Waals surface area contributed by atoms with Gasteiger partial charge in [0.15, 0.2) is 0 Å². The number of cyclic esters (lactones) is 1. The average molecular weight is 451 g/mol. The number of anilines is 1. The van der Waals surface area contributed by atoms with Gasteiger partial charge in [-0.15, -0.1) is 0 Å². The average Bonchev–Trinajstić information content (AvgIpc) is 3.11. The van der Waals surface area contributed by atoms with E-state index in [1.165, 1.54) is 11.8 Å². The molecule has 0 spiro atoms. The van der Waals surface area contributed by atoms with Crippen molar-refractivity contribution in [3.8, 4) is 0 Å². The maximum Gasteiger partial charge on any atom is 0.414 e. The van der Waals surface area contributed by atoms with Crippen molar-refractivity contribution >= 4 is 39.2 Å². The highest BCUT2D eigenvalue weighted by molar-refractivity contribution is 7.88. The number of ether oxygens (including phenoxy) is 1. The standard InChI is InChI=1S/C20H26N4O6S/c1-14(25)21-11-18-13-24(20(27)30-18)17-5-3-15(4-6-17)16-7-9-23(10-8-16)19(26)12-22-31(2,28)29/h3-7,18,22H,8-13H2,1-2H3,(H,21,25)/t18-/m0/s1. The fraction of sp³-hybridized carbons (Fsp3) is 0.450. The van der Waals surface area contributed by atoms with E-state index in [2.05, 4.69) is 10.0 Å². The van der Waals surface area contributed by atoms with E-state index in [4.69, 9.17) is 4.74 Å². The lowest BCUT2D eigenvalue weighted by Gasteiger charge is -2.27. The van der Waals surface area contributed by atoms with Crippen LogP contribution in [0.4, 0.5) is 10.5 Å². The molecule has 3 amide bonds. The van der Waals surface area contributed by atoms with E-state index in [1.54, 1.807) is 4.90 Å². The molecule has 0 radical (unpaired) electrons. The van der Waals surface area contributed by atoms with Crippen molar-refractivity contribution in [2.45, 2.75) is 19.4 Å². The SMILES string of the molecule is CC(=O)NC[C@H]1CN(c2ccc(C3=CCN(C(=O)CNS(C)(=O)=O)CC3)cc2)C(=O)O1. The van der Waals surface area contributed by atoms with Crippen LogP contribution in [-0.2, 0) is 24.3 Å². The number of nitrogens with one attached hydrogen (secondary N) is 2. The maximum absolute atomic E-state index is 12.1. The molecule has 1 aromatic rings. The Hall–Kier alpha value is -2.92. The summed E-state index contributed by atoms with van der Waals surface area (Å²) in [7, 11) is -3.41. The first kappa shape index (κ1) is 22.8. The van der Waals surface area contributed by atoms with Crippen LogP contribution in [0.25, 0.3) is 5.57 Å². The molecule has 31 heavy (non-hydrogen) atoms. The maximum atomic E-state index is 12.1. The second-order valence-electron chi connectivity index (χ2n) is 7.51. The molecule has 2 aliphatic rings. The van der Waals surface area contributed by atoms with Gasteiger partial charge in [-0.25, -0.2) is 17.9 Å². The van der Waals surface area contributed by atoms with Crippen LogP contribution in [0.5, 0.6) is 0 Å². The van der Waals surface area contributed by atoms with Crippen LogP contribution in [0.2, 0.25) is 0 Å². The third kappa shape index (κ3) is 6.28. The van der Waals surface area contributed by atoms with Crippen molar-refractivity contribution in [1.82, 2.24) is 14.9 Å². The Kier molecular flexibility index (Phi) is 6.96. The molecule has 2 heterocycles. The molecule has 0 aromatic heterocycles. The number of sulfonamides is 1. The summed E-state index contributed by atoms with van der Waals surface area (Å²) in [5.74, 6) is -0.441. The first-order valence-electron chi connectivity index (χ1n) is 9.87. The monoisotopic (exact) mass is 450 g/mol. The van der Waals surface area contributed by atoms with Gasteiger partial charge >= 0.3 is 6.09 Å². The Labute approximate surface area is 181 Å². The van der Waals surface area contributed by atoms with Crippen LogP contribution in [0, 0.1) is 0 Å². The predicted octanol–water partition coefficient (Wildman–Crippen LogP) is 0.313. The summed E-state index contributed by atoms with van der Waals surface area (Å²) in [6.07, 6.45) is 2.77. The molecule has 11 heteroatoms. The first-order valence-corrected chi connectivity index (χ1v) is 11.8. The predicted molar refractivity (Wildman–Crippen MR) is 115 cm³/mol. The van der Waals surface area contributed by atoms with Gasteiger partial charge in [0.05, 0.1) is 25.9 Å². The Morgan fingerprint density at radius 1 is 1.23 bits per heavy atom. The molecule has 0 aliphatic carbocycles. The van der Waals surface area contributed by atoms with Gasteiger partial charge in [0.1, 0.15) is 6.10 Å². The Bertz CT molecular complexity index is 989. The Balaban J connectivity index is 1.57. The van der Waals surface area contributed by atoms with Crippen LogP contribution < -0.4 is 14.9 Å². The van der Waals surface area contributed by atoms with Crippen LogP contribution in [0.1, 0.15) is 18.9 Å². The summed E-state index contributed by atoms with van der Waals surface area (Å²) in [5.41, 5.74) is 2.78. The number of nitrogens with zero attached hydrogens (tertiary/aromatic N) is 2. The van der Waals surface area contributed by atoms with Crippen LogP contribution in [-0.4, -0.2) is 76.3 Å². The van der Waals surface area contributed by atoms with Gasteiger partial charge in [-0.05, 0) is 29.7 Å². The second kappa shape index (κ2) is 9.48. The molecule has 0 unspecified atom stereocenters. The third-order valence-corrected chi connectivity index (χ3v) is 5.72. The summed E-state index contributed by atoms with van der Waals surface area (Å²) < 4.78 is 29.8. The van der Waals surface area contributed by atoms with Gasteiger partial charge < -0.3 is 15.0 Å². The lowest BCUT2D eigenvalue weighted by atomic mass is 9.99. The van der Waals surface area contributed by atoms with Gasteiger partial charge in [-0.2, -0.15) is 0 Å². The molecule has 2 N–H and O–H groups in total. The lowest BCUT2D eigenvalue weighted by molar-refractivity contribution is -0.129. The largest absolute Gasteiger partial charge is 0.442 e. The first-order chi connectivity index (χ1) is 14.6. The second-order valence-corrected chi connectivity index (χ2v) is 9.35. The highest BCUT2D eigenvalue weighted by atomic mass is 32.2. The minimum absolute atomic E-state index is 0.175. The Morgan fingerprint density at radius 3 is 2.52 bits per heavy atom.